The van der Waals surface area contributed by atoms with Gasteiger partial charge in [0.05, 0.1) is 10.6 Å². The summed E-state index contributed by atoms with van der Waals surface area (Å²) < 4.78 is 2.39. The highest BCUT2D eigenvalue weighted by Gasteiger charge is 2.32. The first-order valence-corrected chi connectivity index (χ1v) is 11.9. The number of hydrogen-bond acceptors (Lipinski definition) is 7. The highest BCUT2D eigenvalue weighted by atomic mass is 32.2. The number of nitrogens with zero attached hydrogens (tertiary/aromatic N) is 5. The van der Waals surface area contributed by atoms with Gasteiger partial charge in [0.15, 0.2) is 5.16 Å². The molecule has 1 aliphatic carbocycles. The molecule has 1 saturated carbocycles. The van der Waals surface area contributed by atoms with Crippen molar-refractivity contribution in [3.8, 4) is 9.88 Å². The Balaban J connectivity index is 1.32. The highest BCUT2D eigenvalue weighted by Crippen LogP contribution is 2.42. The highest BCUT2D eigenvalue weighted by molar-refractivity contribution is 7.98. The third kappa shape index (κ3) is 3.42. The van der Waals surface area contributed by atoms with E-state index in [4.69, 9.17) is 4.98 Å². The fourth-order valence-corrected chi connectivity index (χ4v) is 5.99. The second-order valence-electron chi connectivity index (χ2n) is 6.84. The van der Waals surface area contributed by atoms with E-state index < -0.39 is 0 Å². The molecule has 5 rings (SSSR count). The minimum absolute atomic E-state index is 0.599. The molecule has 1 saturated heterocycles. The van der Waals surface area contributed by atoms with Gasteiger partial charge in [0, 0.05) is 30.3 Å². The van der Waals surface area contributed by atoms with Crippen molar-refractivity contribution in [2.24, 2.45) is 0 Å². The molecule has 0 bridgehead atoms. The van der Waals surface area contributed by atoms with E-state index in [9.17, 15) is 0 Å². The summed E-state index contributed by atoms with van der Waals surface area (Å²) in [7, 11) is 0. The maximum atomic E-state index is 4.79. The van der Waals surface area contributed by atoms with E-state index in [2.05, 4.69) is 42.6 Å². The maximum Gasteiger partial charge on any atom is 0.228 e. The summed E-state index contributed by atoms with van der Waals surface area (Å²) in [6.45, 7) is 2.23. The first kappa shape index (κ1) is 16.8. The van der Waals surface area contributed by atoms with Crippen molar-refractivity contribution in [2.75, 3.05) is 18.0 Å². The van der Waals surface area contributed by atoms with Crippen molar-refractivity contribution in [1.82, 2.24) is 19.7 Å². The predicted octanol–water partition coefficient (Wildman–Crippen LogP) is 5.08. The maximum absolute atomic E-state index is 4.79. The summed E-state index contributed by atoms with van der Waals surface area (Å²) in [5.74, 6) is 1.94. The standard InChI is InChI=1S/C18H21N5S3/c1-2-8-22(9-3-1)17-20-21-18(23(17)14-6-7-14)26-12-13-11-25-16(19-13)15-5-4-10-24-15/h4-5,10-11,14H,1-3,6-9,12H2. The molecule has 0 aromatic carbocycles. The normalized spacial score (nSPS) is 17.8. The first-order valence-electron chi connectivity index (χ1n) is 9.19. The van der Waals surface area contributed by atoms with Crippen LogP contribution in [0.1, 0.15) is 43.8 Å². The van der Waals surface area contributed by atoms with Gasteiger partial charge in [-0.2, -0.15) is 0 Å². The van der Waals surface area contributed by atoms with E-state index in [0.29, 0.717) is 6.04 Å². The van der Waals surface area contributed by atoms with Crippen molar-refractivity contribution >= 4 is 40.4 Å². The van der Waals surface area contributed by atoms with Gasteiger partial charge < -0.3 is 4.90 Å². The fourth-order valence-electron chi connectivity index (χ4n) is 3.35. The fraction of sp³-hybridized carbons (Fsp3) is 0.500. The average molecular weight is 404 g/mol. The predicted molar refractivity (Wildman–Crippen MR) is 109 cm³/mol. The Morgan fingerprint density at radius 2 is 2.00 bits per heavy atom. The lowest BCUT2D eigenvalue weighted by molar-refractivity contribution is 0.548. The van der Waals surface area contributed by atoms with E-state index >= 15 is 0 Å². The van der Waals surface area contributed by atoms with Gasteiger partial charge in [0.1, 0.15) is 5.01 Å². The van der Waals surface area contributed by atoms with Gasteiger partial charge >= 0.3 is 0 Å². The van der Waals surface area contributed by atoms with Crippen molar-refractivity contribution in [3.63, 3.8) is 0 Å². The molecule has 0 radical (unpaired) electrons. The number of aromatic nitrogens is 4. The Labute approximate surface area is 165 Å². The van der Waals surface area contributed by atoms with E-state index in [1.54, 1.807) is 34.4 Å². The van der Waals surface area contributed by atoms with Crippen LogP contribution in [0, 0.1) is 0 Å². The molecular formula is C18H21N5S3. The van der Waals surface area contributed by atoms with E-state index in [1.807, 2.05) is 0 Å². The van der Waals surface area contributed by atoms with Crippen molar-refractivity contribution in [1.29, 1.82) is 0 Å². The summed E-state index contributed by atoms with van der Waals surface area (Å²) >= 11 is 5.25. The SMILES string of the molecule is c1csc(-c2nc(CSc3nnc(N4CCCCC4)n3C3CC3)cs2)c1. The van der Waals surface area contributed by atoms with E-state index in [-0.39, 0.29) is 0 Å². The molecule has 0 amide bonds. The molecule has 5 nitrogen and oxygen atoms in total. The summed E-state index contributed by atoms with van der Waals surface area (Å²) in [5, 5.41) is 15.5. The monoisotopic (exact) mass is 403 g/mol. The van der Waals surface area contributed by atoms with Gasteiger partial charge in [-0.05, 0) is 43.6 Å². The molecule has 1 aliphatic heterocycles. The number of rotatable bonds is 6. The van der Waals surface area contributed by atoms with Crippen LogP contribution in [0.5, 0.6) is 0 Å². The molecule has 0 spiro atoms. The minimum atomic E-state index is 0.599. The quantitative estimate of drug-likeness (QED) is 0.537. The Morgan fingerprint density at radius 1 is 1.12 bits per heavy atom. The number of piperidine rings is 1. The van der Waals surface area contributed by atoms with Gasteiger partial charge in [-0.15, -0.1) is 32.9 Å². The molecule has 0 unspecified atom stereocenters. The van der Waals surface area contributed by atoms with Crippen LogP contribution < -0.4 is 4.90 Å². The summed E-state index contributed by atoms with van der Waals surface area (Å²) in [6.07, 6.45) is 6.39. The molecule has 4 heterocycles. The third-order valence-electron chi connectivity index (χ3n) is 4.83. The summed E-state index contributed by atoms with van der Waals surface area (Å²) in [4.78, 5) is 8.47. The van der Waals surface area contributed by atoms with Gasteiger partial charge in [-0.1, -0.05) is 17.8 Å². The van der Waals surface area contributed by atoms with Crippen LogP contribution in [0.25, 0.3) is 9.88 Å². The second-order valence-corrected chi connectivity index (χ2v) is 9.59. The molecule has 136 valence electrons. The first-order chi connectivity index (χ1) is 12.9. The lowest BCUT2D eigenvalue weighted by atomic mass is 10.1. The Bertz CT molecular complexity index is 859. The molecule has 26 heavy (non-hydrogen) atoms. The van der Waals surface area contributed by atoms with E-state index in [1.165, 1.54) is 37.0 Å². The number of hydrogen-bond donors (Lipinski definition) is 0. The molecular weight excluding hydrogens is 382 g/mol. The summed E-state index contributed by atoms with van der Waals surface area (Å²) in [6, 6.07) is 4.81. The van der Waals surface area contributed by atoms with Gasteiger partial charge in [0.2, 0.25) is 5.95 Å². The van der Waals surface area contributed by atoms with Gasteiger partial charge in [0.25, 0.3) is 0 Å². The van der Waals surface area contributed by atoms with Gasteiger partial charge in [-0.25, -0.2) is 4.98 Å². The van der Waals surface area contributed by atoms with E-state index in [0.717, 1.165) is 40.6 Å². The smallest absolute Gasteiger partial charge is 0.228 e. The summed E-state index contributed by atoms with van der Waals surface area (Å²) in [5.41, 5.74) is 1.13. The van der Waals surface area contributed by atoms with Crippen LogP contribution in [-0.2, 0) is 5.75 Å². The Morgan fingerprint density at radius 3 is 2.77 bits per heavy atom. The largest absolute Gasteiger partial charge is 0.341 e. The molecule has 3 aromatic heterocycles. The zero-order valence-corrected chi connectivity index (χ0v) is 17.0. The Kier molecular flexibility index (Phi) is 4.72. The van der Waals surface area contributed by atoms with Crippen molar-refractivity contribution in [2.45, 2.75) is 49.1 Å². The van der Waals surface area contributed by atoms with Crippen molar-refractivity contribution < 1.29 is 0 Å². The topological polar surface area (TPSA) is 46.8 Å². The average Bonchev–Trinajstić information content (AvgIpc) is 3.10. The number of thiazole rings is 1. The molecule has 8 heteroatoms. The van der Waals surface area contributed by atoms with Crippen LogP contribution in [0.15, 0.2) is 28.0 Å². The number of thiophene rings is 1. The molecule has 2 aliphatic rings. The molecule has 2 fully saturated rings. The van der Waals surface area contributed by atoms with Gasteiger partial charge in [-0.3, -0.25) is 4.57 Å². The van der Waals surface area contributed by atoms with Crippen LogP contribution in [0.4, 0.5) is 5.95 Å². The molecule has 0 atom stereocenters. The zero-order valence-electron chi connectivity index (χ0n) is 14.5. The number of thioether (sulfide) groups is 1. The number of anilines is 1. The Hall–Kier alpha value is -1.38. The van der Waals surface area contributed by atoms with Crippen LogP contribution in [-0.4, -0.2) is 32.8 Å². The minimum Gasteiger partial charge on any atom is -0.341 e. The van der Waals surface area contributed by atoms with Crippen LogP contribution in [0.2, 0.25) is 0 Å². The van der Waals surface area contributed by atoms with Crippen molar-refractivity contribution in [3.05, 3.63) is 28.6 Å². The lowest BCUT2D eigenvalue weighted by Crippen LogP contribution is -2.31. The molecule has 0 N–H and O–H groups in total. The van der Waals surface area contributed by atoms with Crippen LogP contribution in [0.3, 0.4) is 0 Å². The van der Waals surface area contributed by atoms with Crippen LogP contribution >= 0.6 is 34.4 Å². The zero-order chi connectivity index (χ0) is 17.3. The molecule has 3 aromatic rings. The second kappa shape index (κ2) is 7.32. The third-order valence-corrected chi connectivity index (χ3v) is 7.74. The lowest BCUT2D eigenvalue weighted by Gasteiger charge is -2.27.